The molecule has 1 aromatic carbocycles. The Hall–Kier alpha value is -1.84. The maximum Gasteiger partial charge on any atom is 0.310 e. The van der Waals surface area contributed by atoms with Crippen LogP contribution in [0, 0.1) is 11.8 Å². The predicted octanol–water partition coefficient (Wildman–Crippen LogP) is 3.78. The Kier molecular flexibility index (Phi) is 9.40. The molecule has 1 spiro atoms. The number of hydrogen-bond donors (Lipinski definition) is 1. The number of carbonyl (C=O) groups excluding carboxylic acids is 3. The highest BCUT2D eigenvalue weighted by atomic mass is 79.9. The molecular formula is C28H37BrN2O5S. The van der Waals surface area contributed by atoms with Crippen LogP contribution in [0.5, 0.6) is 0 Å². The standard InChI is InChI=1S/C28H37BrN2O5S/c1-3-14-30(18-19-12-8-7-9-13-19)26(34)24-28-17-20(29)23(37-28)21(27(35)36-4-2)22(28)25(33)31(24)15-10-5-6-11-16-32/h3,7-9,12-13,20-24,32H,1,4-6,10-11,14-18H2,2H3/t20?,21-,22+,23-,24?,28?/m1/s1. The average molecular weight is 594 g/mol. The monoisotopic (exact) mass is 592 g/mol. The van der Waals surface area contributed by atoms with Gasteiger partial charge in [0.2, 0.25) is 11.8 Å². The van der Waals surface area contributed by atoms with Gasteiger partial charge in [0.15, 0.2) is 0 Å². The molecule has 202 valence electrons. The van der Waals surface area contributed by atoms with Crippen molar-refractivity contribution in [3.8, 4) is 0 Å². The molecule has 0 aromatic heterocycles. The van der Waals surface area contributed by atoms with Crippen molar-refractivity contribution in [3.63, 3.8) is 0 Å². The van der Waals surface area contributed by atoms with Crippen molar-refractivity contribution in [3.05, 3.63) is 48.6 Å². The third-order valence-electron chi connectivity index (χ3n) is 7.77. The van der Waals surface area contributed by atoms with Gasteiger partial charge < -0.3 is 19.6 Å². The maximum atomic E-state index is 14.4. The van der Waals surface area contributed by atoms with Crippen molar-refractivity contribution in [2.24, 2.45) is 11.8 Å². The van der Waals surface area contributed by atoms with Crippen molar-refractivity contribution in [2.45, 2.75) is 66.4 Å². The molecule has 2 amide bonds. The summed E-state index contributed by atoms with van der Waals surface area (Å²) in [7, 11) is 0. The zero-order valence-electron chi connectivity index (χ0n) is 21.4. The molecule has 37 heavy (non-hydrogen) atoms. The molecule has 3 saturated heterocycles. The number of amides is 2. The smallest absolute Gasteiger partial charge is 0.310 e. The summed E-state index contributed by atoms with van der Waals surface area (Å²) in [5.74, 6) is -1.66. The van der Waals surface area contributed by atoms with Gasteiger partial charge in [-0.25, -0.2) is 0 Å². The fourth-order valence-corrected chi connectivity index (χ4v) is 9.86. The third-order valence-corrected chi connectivity index (χ3v) is 11.0. The number of thioether (sulfide) groups is 1. The number of fused-ring (bicyclic) bond motifs is 1. The Morgan fingerprint density at radius 3 is 2.68 bits per heavy atom. The highest BCUT2D eigenvalue weighted by molar-refractivity contribution is 9.09. The second-order valence-corrected chi connectivity index (χ2v) is 12.8. The molecule has 4 rings (SSSR count). The first-order chi connectivity index (χ1) is 17.9. The van der Waals surface area contributed by atoms with Crippen LogP contribution >= 0.6 is 27.7 Å². The number of halogens is 1. The van der Waals surface area contributed by atoms with Crippen LogP contribution in [0.4, 0.5) is 0 Å². The van der Waals surface area contributed by atoms with Gasteiger partial charge >= 0.3 is 5.97 Å². The molecule has 3 unspecified atom stereocenters. The first kappa shape index (κ1) is 28.2. The summed E-state index contributed by atoms with van der Waals surface area (Å²) >= 11 is 5.42. The number of unbranched alkanes of at least 4 members (excludes halogenated alkanes) is 3. The number of nitrogens with zero attached hydrogens (tertiary/aromatic N) is 2. The molecule has 6 atom stereocenters. The van der Waals surface area contributed by atoms with Crippen molar-refractivity contribution >= 4 is 45.5 Å². The Balaban J connectivity index is 1.68. The van der Waals surface area contributed by atoms with E-state index in [0.29, 0.717) is 26.1 Å². The largest absolute Gasteiger partial charge is 0.466 e. The zero-order valence-corrected chi connectivity index (χ0v) is 23.8. The fourth-order valence-electron chi connectivity index (χ4n) is 6.27. The van der Waals surface area contributed by atoms with Crippen molar-refractivity contribution < 1.29 is 24.2 Å². The quantitative estimate of drug-likeness (QED) is 0.162. The number of likely N-dealkylation sites (tertiary alicyclic amines) is 1. The van der Waals surface area contributed by atoms with Crippen LogP contribution in [-0.2, 0) is 25.7 Å². The lowest BCUT2D eigenvalue weighted by Gasteiger charge is -2.38. The van der Waals surface area contributed by atoms with Crippen molar-refractivity contribution in [1.82, 2.24) is 9.80 Å². The van der Waals surface area contributed by atoms with Gasteiger partial charge in [-0.2, -0.15) is 0 Å². The number of benzene rings is 1. The van der Waals surface area contributed by atoms with Gasteiger partial charge in [0.05, 0.1) is 23.2 Å². The molecule has 1 aromatic rings. The van der Waals surface area contributed by atoms with E-state index in [9.17, 15) is 14.4 Å². The molecule has 0 radical (unpaired) electrons. The summed E-state index contributed by atoms with van der Waals surface area (Å²) in [6.07, 6.45) is 5.57. The minimum atomic E-state index is -0.675. The average Bonchev–Trinajstić information content (AvgIpc) is 3.47. The highest BCUT2D eigenvalue weighted by Crippen LogP contribution is 2.68. The van der Waals surface area contributed by atoms with E-state index in [1.165, 1.54) is 0 Å². The van der Waals surface area contributed by atoms with Crippen LogP contribution < -0.4 is 0 Å². The lowest BCUT2D eigenvalue weighted by Crippen LogP contribution is -2.55. The Morgan fingerprint density at radius 1 is 1.27 bits per heavy atom. The van der Waals surface area contributed by atoms with Crippen molar-refractivity contribution in [1.29, 1.82) is 0 Å². The SMILES string of the molecule is C=CCN(Cc1ccccc1)C(=O)C1N(CCCCCCO)C(=O)[C@@H]2[C@@H](C(=O)OCC)[C@@H]3SC12CC3Br. The zero-order chi connectivity index (χ0) is 26.6. The third kappa shape index (κ3) is 5.36. The van der Waals surface area contributed by atoms with Crippen LogP contribution in [0.3, 0.4) is 0 Å². The minimum absolute atomic E-state index is 0.0257. The molecule has 9 heteroatoms. The van der Waals surface area contributed by atoms with E-state index in [2.05, 4.69) is 22.5 Å². The lowest BCUT2D eigenvalue weighted by molar-refractivity contribution is -0.153. The maximum absolute atomic E-state index is 14.4. The van der Waals surface area contributed by atoms with Gasteiger partial charge in [0.25, 0.3) is 0 Å². The van der Waals surface area contributed by atoms with Gasteiger partial charge in [0, 0.05) is 36.3 Å². The molecule has 3 aliphatic rings. The second-order valence-electron chi connectivity index (χ2n) is 10.1. The van der Waals surface area contributed by atoms with E-state index in [1.54, 1.807) is 34.6 Å². The molecule has 3 fully saturated rings. The van der Waals surface area contributed by atoms with Crippen LogP contribution in [-0.4, -0.2) is 79.9 Å². The van der Waals surface area contributed by atoms with Crippen LogP contribution in [0.1, 0.15) is 44.6 Å². The summed E-state index contributed by atoms with van der Waals surface area (Å²) in [4.78, 5) is 45.1. The van der Waals surface area contributed by atoms with Gasteiger partial charge in [-0.1, -0.05) is 65.2 Å². The fraction of sp³-hybridized carbons (Fsp3) is 0.607. The Bertz CT molecular complexity index is 994. The number of esters is 1. The second kappa shape index (κ2) is 12.3. The number of hydrogen-bond acceptors (Lipinski definition) is 6. The van der Waals surface area contributed by atoms with Gasteiger partial charge in [-0.3, -0.25) is 14.4 Å². The van der Waals surface area contributed by atoms with Crippen LogP contribution in [0.2, 0.25) is 0 Å². The molecule has 0 saturated carbocycles. The lowest BCUT2D eigenvalue weighted by atomic mass is 9.71. The Labute approximate surface area is 232 Å². The van der Waals surface area contributed by atoms with E-state index >= 15 is 0 Å². The number of carbonyl (C=O) groups is 3. The predicted molar refractivity (Wildman–Crippen MR) is 148 cm³/mol. The number of rotatable bonds is 13. The van der Waals surface area contributed by atoms with E-state index < -0.39 is 22.6 Å². The Morgan fingerprint density at radius 2 is 2.00 bits per heavy atom. The first-order valence-electron chi connectivity index (χ1n) is 13.2. The molecule has 0 aliphatic carbocycles. The van der Waals surface area contributed by atoms with E-state index in [4.69, 9.17) is 9.84 Å². The van der Waals surface area contributed by atoms with Gasteiger partial charge in [0.1, 0.15) is 6.04 Å². The molecule has 2 bridgehead atoms. The molecular weight excluding hydrogens is 556 g/mol. The van der Waals surface area contributed by atoms with Crippen LogP contribution in [0.15, 0.2) is 43.0 Å². The molecule has 3 aliphatic heterocycles. The first-order valence-corrected chi connectivity index (χ1v) is 15.0. The van der Waals surface area contributed by atoms with E-state index in [1.807, 2.05) is 30.3 Å². The highest BCUT2D eigenvalue weighted by Gasteiger charge is 2.76. The van der Waals surface area contributed by atoms with Gasteiger partial charge in [-0.15, -0.1) is 18.3 Å². The van der Waals surface area contributed by atoms with E-state index in [-0.39, 0.29) is 41.1 Å². The van der Waals surface area contributed by atoms with Crippen molar-refractivity contribution in [2.75, 3.05) is 26.3 Å². The molecule has 7 nitrogen and oxygen atoms in total. The summed E-state index contributed by atoms with van der Waals surface area (Å²) in [5, 5.41) is 9.02. The minimum Gasteiger partial charge on any atom is -0.466 e. The topological polar surface area (TPSA) is 87.2 Å². The molecule has 1 N–H and O–H groups in total. The molecule has 3 heterocycles. The van der Waals surface area contributed by atoms with E-state index in [0.717, 1.165) is 31.2 Å². The summed E-state index contributed by atoms with van der Waals surface area (Å²) < 4.78 is 4.75. The normalized spacial score (nSPS) is 29.9. The number of ether oxygens (including phenoxy) is 1. The van der Waals surface area contributed by atoms with Gasteiger partial charge in [-0.05, 0) is 31.7 Å². The number of aliphatic hydroxyl groups is 1. The summed E-state index contributed by atoms with van der Waals surface area (Å²) in [6, 6.07) is 9.18. The number of alkyl halides is 1. The van der Waals surface area contributed by atoms with Crippen LogP contribution in [0.25, 0.3) is 0 Å². The summed E-state index contributed by atoms with van der Waals surface area (Å²) in [5.41, 5.74) is 1.01. The number of aliphatic hydroxyl groups excluding tert-OH is 1. The summed E-state index contributed by atoms with van der Waals surface area (Å²) in [6.45, 7) is 7.31.